The molecule has 0 bridgehead atoms. The van der Waals surface area contributed by atoms with E-state index in [9.17, 15) is 9.59 Å². The van der Waals surface area contributed by atoms with Crippen LogP contribution in [0.4, 0.5) is 5.69 Å². The molecule has 0 spiro atoms. The van der Waals surface area contributed by atoms with E-state index in [2.05, 4.69) is 5.32 Å². The van der Waals surface area contributed by atoms with Gasteiger partial charge in [0.1, 0.15) is 17.2 Å². The van der Waals surface area contributed by atoms with Gasteiger partial charge in [-0.05, 0) is 56.5 Å². The molecule has 1 aliphatic heterocycles. The lowest BCUT2D eigenvalue weighted by Crippen LogP contribution is -2.34. The van der Waals surface area contributed by atoms with E-state index in [1.54, 1.807) is 13.2 Å². The predicted octanol–water partition coefficient (Wildman–Crippen LogP) is 4.49. The van der Waals surface area contributed by atoms with Crippen molar-refractivity contribution in [2.75, 3.05) is 32.2 Å². The highest BCUT2D eigenvalue weighted by Crippen LogP contribution is 2.32. The first-order valence-electron chi connectivity index (χ1n) is 11.3. The molecule has 0 radical (unpaired) electrons. The molecule has 2 aromatic carbocycles. The molecule has 0 atom stereocenters. The zero-order valence-electron chi connectivity index (χ0n) is 19.7. The number of hydrogen-bond donors (Lipinski definition) is 1. The highest BCUT2D eigenvalue weighted by molar-refractivity contribution is 6.36. The van der Waals surface area contributed by atoms with Crippen LogP contribution < -0.4 is 14.8 Å². The molecule has 0 unspecified atom stereocenters. The average molecular weight is 453 g/mol. The van der Waals surface area contributed by atoms with Gasteiger partial charge in [-0.3, -0.25) is 14.5 Å². The van der Waals surface area contributed by atoms with Gasteiger partial charge >= 0.3 is 0 Å². The number of nitrogens with one attached hydrogen (secondary N) is 1. The quantitative estimate of drug-likeness (QED) is 0.378. The smallest absolute Gasteiger partial charge is 0.278 e. The number of carbonyl (C=O) groups excluding carboxylic acids is 2. The summed E-state index contributed by atoms with van der Waals surface area (Å²) in [5.74, 6) is 0.702. The number of rotatable bonds is 12. The van der Waals surface area contributed by atoms with Crippen LogP contribution in [-0.4, -0.2) is 49.7 Å². The summed E-state index contributed by atoms with van der Waals surface area (Å²) in [5, 5.41) is 3.16. The van der Waals surface area contributed by atoms with Crippen LogP contribution in [0.15, 0.2) is 54.2 Å². The summed E-state index contributed by atoms with van der Waals surface area (Å²) in [6.45, 7) is 7.33. The van der Waals surface area contributed by atoms with Gasteiger partial charge in [0.25, 0.3) is 11.8 Å². The molecule has 7 nitrogen and oxygen atoms in total. The van der Waals surface area contributed by atoms with Gasteiger partial charge in [-0.1, -0.05) is 25.1 Å². The normalized spacial score (nSPS) is 13.8. The molecule has 1 heterocycles. The summed E-state index contributed by atoms with van der Waals surface area (Å²) in [7, 11) is 1.58. The fourth-order valence-corrected chi connectivity index (χ4v) is 3.49. The van der Waals surface area contributed by atoms with Crippen molar-refractivity contribution < 1.29 is 23.8 Å². The van der Waals surface area contributed by atoms with Gasteiger partial charge in [0.2, 0.25) is 0 Å². The Morgan fingerprint density at radius 2 is 1.73 bits per heavy atom. The standard InChI is InChI=1S/C26H32N2O5/c1-5-15-33-21-12-10-19(11-13-21)23-24(27-20-8-6-9-22(17-20)31-4)26(30)28(25(23)29)14-7-16-32-18(2)3/h6,8-13,17-18,27H,5,7,14-16H2,1-4H3. The van der Waals surface area contributed by atoms with Gasteiger partial charge in [-0.2, -0.15) is 0 Å². The Morgan fingerprint density at radius 1 is 0.970 bits per heavy atom. The van der Waals surface area contributed by atoms with Crippen LogP contribution in [-0.2, 0) is 14.3 Å². The molecule has 2 aromatic rings. The second-order valence-corrected chi connectivity index (χ2v) is 8.01. The minimum Gasteiger partial charge on any atom is -0.497 e. The third-order valence-corrected chi connectivity index (χ3v) is 5.10. The van der Waals surface area contributed by atoms with Crippen molar-refractivity contribution >= 4 is 23.1 Å². The second kappa shape index (κ2) is 11.5. The number of anilines is 1. The van der Waals surface area contributed by atoms with Crippen LogP contribution in [0.3, 0.4) is 0 Å². The van der Waals surface area contributed by atoms with Crippen molar-refractivity contribution in [1.82, 2.24) is 4.90 Å². The zero-order chi connectivity index (χ0) is 23.8. The largest absolute Gasteiger partial charge is 0.497 e. The minimum atomic E-state index is -0.353. The molecular formula is C26H32N2O5. The van der Waals surface area contributed by atoms with E-state index in [0.717, 1.165) is 12.2 Å². The first-order chi connectivity index (χ1) is 15.9. The predicted molar refractivity (Wildman–Crippen MR) is 128 cm³/mol. The van der Waals surface area contributed by atoms with E-state index in [-0.39, 0.29) is 30.2 Å². The molecular weight excluding hydrogens is 420 g/mol. The van der Waals surface area contributed by atoms with Gasteiger partial charge in [-0.15, -0.1) is 0 Å². The number of carbonyl (C=O) groups is 2. The average Bonchev–Trinajstić information content (AvgIpc) is 3.04. The number of amides is 2. The van der Waals surface area contributed by atoms with Crippen LogP contribution in [0, 0.1) is 0 Å². The van der Waals surface area contributed by atoms with E-state index in [0.29, 0.717) is 42.2 Å². The summed E-state index contributed by atoms with van der Waals surface area (Å²) >= 11 is 0. The van der Waals surface area contributed by atoms with Gasteiger partial charge < -0.3 is 19.5 Å². The van der Waals surface area contributed by atoms with E-state index in [1.807, 2.05) is 63.2 Å². The Balaban J connectivity index is 1.89. The van der Waals surface area contributed by atoms with Crippen molar-refractivity contribution in [1.29, 1.82) is 0 Å². The van der Waals surface area contributed by atoms with Gasteiger partial charge in [0.05, 0.1) is 25.4 Å². The zero-order valence-corrected chi connectivity index (χ0v) is 19.7. The van der Waals surface area contributed by atoms with Crippen LogP contribution >= 0.6 is 0 Å². The fraction of sp³-hybridized carbons (Fsp3) is 0.385. The second-order valence-electron chi connectivity index (χ2n) is 8.01. The van der Waals surface area contributed by atoms with Gasteiger partial charge in [0, 0.05) is 24.9 Å². The molecule has 2 amide bonds. The molecule has 0 saturated heterocycles. The highest BCUT2D eigenvalue weighted by atomic mass is 16.5. The molecule has 3 rings (SSSR count). The third-order valence-electron chi connectivity index (χ3n) is 5.10. The van der Waals surface area contributed by atoms with Gasteiger partial charge in [0.15, 0.2) is 0 Å². The molecule has 0 fully saturated rings. The summed E-state index contributed by atoms with van der Waals surface area (Å²) in [6.07, 6.45) is 1.57. The number of benzene rings is 2. The van der Waals surface area contributed by atoms with E-state index in [4.69, 9.17) is 14.2 Å². The minimum absolute atomic E-state index is 0.0994. The first-order valence-corrected chi connectivity index (χ1v) is 11.3. The number of hydrogen-bond acceptors (Lipinski definition) is 6. The van der Waals surface area contributed by atoms with Crippen molar-refractivity contribution in [2.45, 2.75) is 39.7 Å². The molecule has 176 valence electrons. The maximum Gasteiger partial charge on any atom is 0.278 e. The SMILES string of the molecule is CCCOc1ccc(C2=C(Nc3cccc(OC)c3)C(=O)N(CCCOC(C)C)C2=O)cc1. The number of imide groups is 1. The molecule has 1 aliphatic rings. The lowest BCUT2D eigenvalue weighted by Gasteiger charge is -2.16. The lowest BCUT2D eigenvalue weighted by atomic mass is 10.0. The molecule has 7 heteroatoms. The van der Waals surface area contributed by atoms with Crippen molar-refractivity contribution in [3.8, 4) is 11.5 Å². The summed E-state index contributed by atoms with van der Waals surface area (Å²) in [6, 6.07) is 14.5. The highest BCUT2D eigenvalue weighted by Gasteiger charge is 2.38. The fourth-order valence-electron chi connectivity index (χ4n) is 3.49. The Bertz CT molecular complexity index is 998. The summed E-state index contributed by atoms with van der Waals surface area (Å²) < 4.78 is 16.5. The first kappa shape index (κ1) is 24.3. The monoisotopic (exact) mass is 452 g/mol. The van der Waals surface area contributed by atoms with Crippen molar-refractivity contribution in [2.24, 2.45) is 0 Å². The Labute approximate surface area is 195 Å². The number of nitrogens with zero attached hydrogens (tertiary/aromatic N) is 1. The molecule has 33 heavy (non-hydrogen) atoms. The van der Waals surface area contributed by atoms with E-state index in [1.165, 1.54) is 4.90 Å². The molecule has 0 aromatic heterocycles. The topological polar surface area (TPSA) is 77.1 Å². The van der Waals surface area contributed by atoms with Crippen LogP contribution in [0.25, 0.3) is 5.57 Å². The Hall–Kier alpha value is -3.32. The molecule has 1 N–H and O–H groups in total. The number of ether oxygens (including phenoxy) is 3. The van der Waals surface area contributed by atoms with Crippen LogP contribution in [0.5, 0.6) is 11.5 Å². The van der Waals surface area contributed by atoms with Crippen molar-refractivity contribution in [3.05, 3.63) is 59.8 Å². The number of methoxy groups -OCH3 is 1. The van der Waals surface area contributed by atoms with E-state index >= 15 is 0 Å². The van der Waals surface area contributed by atoms with Gasteiger partial charge in [-0.25, -0.2) is 0 Å². The van der Waals surface area contributed by atoms with Crippen molar-refractivity contribution in [3.63, 3.8) is 0 Å². The summed E-state index contributed by atoms with van der Waals surface area (Å²) in [5.41, 5.74) is 1.91. The van der Waals surface area contributed by atoms with Crippen LogP contribution in [0.1, 0.15) is 39.2 Å². The Kier molecular flexibility index (Phi) is 8.49. The maximum atomic E-state index is 13.3. The van der Waals surface area contributed by atoms with Crippen LogP contribution in [0.2, 0.25) is 0 Å². The summed E-state index contributed by atoms with van der Waals surface area (Å²) in [4.78, 5) is 27.9. The lowest BCUT2D eigenvalue weighted by molar-refractivity contribution is -0.137. The maximum absolute atomic E-state index is 13.3. The molecule has 0 aliphatic carbocycles. The molecule has 0 saturated carbocycles. The Morgan fingerprint density at radius 3 is 2.39 bits per heavy atom. The third kappa shape index (κ3) is 6.14. The van der Waals surface area contributed by atoms with E-state index < -0.39 is 0 Å².